The van der Waals surface area contributed by atoms with Gasteiger partial charge in [-0.05, 0) is 45.2 Å². The van der Waals surface area contributed by atoms with Crippen LogP contribution in [0.15, 0.2) is 18.5 Å². The van der Waals surface area contributed by atoms with E-state index in [1.807, 2.05) is 27.7 Å². The molecule has 8 nitrogen and oxygen atoms in total. The monoisotopic (exact) mass is 532 g/mol. The van der Waals surface area contributed by atoms with Crippen molar-refractivity contribution in [2.24, 2.45) is 5.41 Å². The van der Waals surface area contributed by atoms with Crippen LogP contribution in [0.2, 0.25) is 5.15 Å². The molecule has 37 heavy (non-hydrogen) atoms. The van der Waals surface area contributed by atoms with Crippen LogP contribution in [0.25, 0.3) is 16.9 Å². The molecule has 2 N–H and O–H groups in total. The Hall–Kier alpha value is -3.45. The number of anilines is 1. The smallest absolute Gasteiger partial charge is 0.407 e. The SMILES string of the molecule is C[C@@H](Nc1c(-c2c(F)cc(C#CCCNC(=O)OC(C)(C)C)cc2F)c(Cl)nc2ncnn12)C(C)(C)C. The van der Waals surface area contributed by atoms with Crippen LogP contribution in [0.5, 0.6) is 0 Å². The Morgan fingerprint density at radius 3 is 2.41 bits per heavy atom. The Kier molecular flexibility index (Phi) is 8.28. The van der Waals surface area contributed by atoms with Crippen LogP contribution in [0.1, 0.15) is 60.5 Å². The molecule has 1 amide bonds. The zero-order valence-electron chi connectivity index (χ0n) is 22.0. The fourth-order valence-corrected chi connectivity index (χ4v) is 3.44. The van der Waals surface area contributed by atoms with E-state index in [9.17, 15) is 4.79 Å². The van der Waals surface area contributed by atoms with E-state index in [1.54, 1.807) is 20.8 Å². The number of carbonyl (C=O) groups excluding carboxylic acids is 1. The molecule has 3 rings (SSSR count). The lowest BCUT2D eigenvalue weighted by atomic mass is 9.88. The summed E-state index contributed by atoms with van der Waals surface area (Å²) in [5.74, 6) is 4.27. The van der Waals surface area contributed by atoms with Gasteiger partial charge >= 0.3 is 6.09 Å². The van der Waals surface area contributed by atoms with Crippen LogP contribution in [-0.4, -0.2) is 43.9 Å². The first kappa shape index (κ1) is 28.1. The summed E-state index contributed by atoms with van der Waals surface area (Å²) < 4.78 is 37.2. The summed E-state index contributed by atoms with van der Waals surface area (Å²) >= 11 is 6.43. The quantitative estimate of drug-likeness (QED) is 0.244. The molecule has 1 aromatic carbocycles. The van der Waals surface area contributed by atoms with Gasteiger partial charge in [0.25, 0.3) is 5.78 Å². The minimum atomic E-state index is -0.856. The number of aromatic nitrogens is 4. The number of nitrogens with one attached hydrogen (secondary N) is 2. The summed E-state index contributed by atoms with van der Waals surface area (Å²) in [5, 5.41) is 9.91. The van der Waals surface area contributed by atoms with E-state index in [1.165, 1.54) is 10.8 Å². The lowest BCUT2D eigenvalue weighted by molar-refractivity contribution is 0.0529. The molecule has 3 aromatic rings. The number of amides is 1. The second-order valence-corrected chi connectivity index (χ2v) is 11.0. The van der Waals surface area contributed by atoms with Gasteiger partial charge in [0.2, 0.25) is 0 Å². The predicted molar refractivity (Wildman–Crippen MR) is 139 cm³/mol. The van der Waals surface area contributed by atoms with Gasteiger partial charge in [0.05, 0.1) is 11.1 Å². The fourth-order valence-electron chi connectivity index (χ4n) is 3.18. The molecule has 0 bridgehead atoms. The number of nitrogens with zero attached hydrogens (tertiary/aromatic N) is 4. The standard InChI is InChI=1S/C26H31ClF2N6O2/c1-15(25(2,3)4)33-22-20(21(27)34-23-31-14-32-35(22)23)19-17(28)12-16(13-18(19)29)10-8-9-11-30-24(36)37-26(5,6)7/h12-15,33H,9,11H2,1-7H3,(H,30,36)/t15-/m1/s1. The van der Waals surface area contributed by atoms with Crippen LogP contribution in [-0.2, 0) is 4.74 Å². The van der Waals surface area contributed by atoms with E-state index in [0.29, 0.717) is 0 Å². The normalized spacial score (nSPS) is 12.6. The molecule has 0 fully saturated rings. The third-order valence-electron chi connectivity index (χ3n) is 5.48. The van der Waals surface area contributed by atoms with Crippen molar-refractivity contribution in [1.82, 2.24) is 24.9 Å². The van der Waals surface area contributed by atoms with Crippen molar-refractivity contribution >= 4 is 29.3 Å². The first-order valence-electron chi connectivity index (χ1n) is 11.8. The van der Waals surface area contributed by atoms with Gasteiger partial charge in [0.15, 0.2) is 0 Å². The van der Waals surface area contributed by atoms with Crippen molar-refractivity contribution in [3.05, 3.63) is 40.8 Å². The Morgan fingerprint density at radius 2 is 1.81 bits per heavy atom. The molecule has 198 valence electrons. The Labute approximate surface area is 220 Å². The summed E-state index contributed by atoms with van der Waals surface area (Å²) in [5.41, 5.74) is -0.972. The minimum Gasteiger partial charge on any atom is -0.444 e. The van der Waals surface area contributed by atoms with Crippen molar-refractivity contribution in [3.8, 4) is 23.0 Å². The van der Waals surface area contributed by atoms with Crippen LogP contribution in [0, 0.1) is 28.9 Å². The summed E-state index contributed by atoms with van der Waals surface area (Å²) in [6.45, 7) is 13.6. The van der Waals surface area contributed by atoms with Gasteiger partial charge in [0.1, 0.15) is 34.5 Å². The summed E-state index contributed by atoms with van der Waals surface area (Å²) in [4.78, 5) is 19.9. The van der Waals surface area contributed by atoms with Crippen molar-refractivity contribution in [2.75, 3.05) is 11.9 Å². The number of benzene rings is 1. The van der Waals surface area contributed by atoms with Crippen LogP contribution in [0.4, 0.5) is 19.4 Å². The second-order valence-electron chi connectivity index (χ2n) is 10.6. The molecule has 0 aliphatic carbocycles. The molecule has 0 saturated carbocycles. The van der Waals surface area contributed by atoms with E-state index in [2.05, 4.69) is 37.5 Å². The molecular formula is C26H31ClF2N6O2. The van der Waals surface area contributed by atoms with Gasteiger partial charge in [-0.3, -0.25) is 0 Å². The number of rotatable bonds is 5. The Bertz CT molecular complexity index is 1340. The number of carbonyl (C=O) groups is 1. The topological polar surface area (TPSA) is 93.4 Å². The van der Waals surface area contributed by atoms with Crippen molar-refractivity contribution in [2.45, 2.75) is 66.5 Å². The van der Waals surface area contributed by atoms with Gasteiger partial charge in [-0.2, -0.15) is 19.6 Å². The van der Waals surface area contributed by atoms with Crippen LogP contribution < -0.4 is 10.6 Å². The molecule has 2 heterocycles. The van der Waals surface area contributed by atoms with Gasteiger partial charge in [0, 0.05) is 24.6 Å². The molecule has 11 heteroatoms. The van der Waals surface area contributed by atoms with E-state index in [0.717, 1.165) is 12.1 Å². The van der Waals surface area contributed by atoms with Crippen molar-refractivity contribution in [3.63, 3.8) is 0 Å². The van der Waals surface area contributed by atoms with E-state index < -0.39 is 23.3 Å². The first-order chi connectivity index (χ1) is 17.2. The maximum Gasteiger partial charge on any atom is 0.407 e. The molecule has 2 aromatic heterocycles. The number of halogens is 3. The summed E-state index contributed by atoms with van der Waals surface area (Å²) in [6, 6.07) is 2.14. The zero-order chi connectivity index (χ0) is 27.5. The highest BCUT2D eigenvalue weighted by Crippen LogP contribution is 2.39. The number of alkyl carbamates (subject to hydrolysis) is 1. The molecule has 0 unspecified atom stereocenters. The van der Waals surface area contributed by atoms with Gasteiger partial charge in [-0.25, -0.2) is 13.6 Å². The fraction of sp³-hybridized carbons (Fsp3) is 0.462. The highest BCUT2D eigenvalue weighted by Gasteiger charge is 2.27. The van der Waals surface area contributed by atoms with E-state index in [-0.39, 0.29) is 57.9 Å². The molecular weight excluding hydrogens is 502 g/mol. The highest BCUT2D eigenvalue weighted by atomic mass is 35.5. The largest absolute Gasteiger partial charge is 0.444 e. The molecule has 0 aliphatic heterocycles. The molecule has 0 aliphatic rings. The first-order valence-corrected chi connectivity index (χ1v) is 12.2. The average Bonchev–Trinajstić information content (AvgIpc) is 3.21. The summed E-state index contributed by atoms with van der Waals surface area (Å²) in [7, 11) is 0. The molecule has 0 radical (unpaired) electrons. The number of fused-ring (bicyclic) bond motifs is 1. The summed E-state index contributed by atoms with van der Waals surface area (Å²) in [6.07, 6.45) is 0.996. The number of hydrogen-bond donors (Lipinski definition) is 2. The van der Waals surface area contributed by atoms with Crippen molar-refractivity contribution in [1.29, 1.82) is 0 Å². The van der Waals surface area contributed by atoms with Crippen molar-refractivity contribution < 1.29 is 18.3 Å². The van der Waals surface area contributed by atoms with Gasteiger partial charge < -0.3 is 15.4 Å². The maximum atomic E-state index is 15.4. The molecule has 0 saturated heterocycles. The second kappa shape index (κ2) is 10.9. The third kappa shape index (κ3) is 7.07. The van der Waals surface area contributed by atoms with Crippen LogP contribution in [0.3, 0.4) is 0 Å². The minimum absolute atomic E-state index is 0.0341. The number of ether oxygens (including phenoxy) is 1. The van der Waals surface area contributed by atoms with Gasteiger partial charge in [-0.1, -0.05) is 44.2 Å². The van der Waals surface area contributed by atoms with Crippen LogP contribution >= 0.6 is 11.6 Å². The lowest BCUT2D eigenvalue weighted by Gasteiger charge is -2.30. The predicted octanol–water partition coefficient (Wildman–Crippen LogP) is 5.84. The van der Waals surface area contributed by atoms with E-state index >= 15 is 8.78 Å². The Balaban J connectivity index is 1.90. The zero-order valence-corrected chi connectivity index (χ0v) is 22.7. The Morgan fingerprint density at radius 1 is 1.16 bits per heavy atom. The average molecular weight is 533 g/mol. The third-order valence-corrected chi connectivity index (χ3v) is 5.75. The molecule has 0 spiro atoms. The highest BCUT2D eigenvalue weighted by molar-refractivity contribution is 6.33. The number of hydrogen-bond acceptors (Lipinski definition) is 6. The molecule has 1 atom stereocenters. The van der Waals surface area contributed by atoms with Gasteiger partial charge in [-0.15, -0.1) is 0 Å². The lowest BCUT2D eigenvalue weighted by Crippen LogP contribution is -2.32. The maximum absolute atomic E-state index is 15.4. The van der Waals surface area contributed by atoms with E-state index in [4.69, 9.17) is 16.3 Å².